The Labute approximate surface area is 125 Å². The minimum atomic E-state index is -1.30. The molecule has 108 valence electrons. The SMILES string of the molecule is CCc1ccc(CS(=O)c2nc3ccc(N)cc3o2)cc1. The van der Waals surface area contributed by atoms with E-state index in [0.29, 0.717) is 22.5 Å². The van der Waals surface area contributed by atoms with E-state index >= 15 is 0 Å². The molecule has 0 aliphatic heterocycles. The molecule has 2 aromatic carbocycles. The molecule has 0 spiro atoms. The third kappa shape index (κ3) is 2.97. The summed E-state index contributed by atoms with van der Waals surface area (Å²) in [6.07, 6.45) is 0.996. The molecule has 0 aliphatic rings. The zero-order valence-corrected chi connectivity index (χ0v) is 12.5. The van der Waals surface area contributed by atoms with Gasteiger partial charge in [-0.3, -0.25) is 0 Å². The first kappa shape index (κ1) is 13.8. The van der Waals surface area contributed by atoms with Crippen LogP contribution in [0.3, 0.4) is 0 Å². The highest BCUT2D eigenvalue weighted by Gasteiger charge is 2.13. The molecule has 3 aromatic rings. The van der Waals surface area contributed by atoms with Crippen LogP contribution in [0.1, 0.15) is 18.1 Å². The molecule has 0 fully saturated rings. The van der Waals surface area contributed by atoms with E-state index in [-0.39, 0.29) is 5.22 Å². The Morgan fingerprint density at radius 1 is 1.14 bits per heavy atom. The van der Waals surface area contributed by atoms with Gasteiger partial charge in [-0.2, -0.15) is 0 Å². The zero-order chi connectivity index (χ0) is 14.8. The number of nitrogens with zero attached hydrogens (tertiary/aromatic N) is 1. The molecule has 0 amide bonds. The van der Waals surface area contributed by atoms with Crippen LogP contribution in [0.25, 0.3) is 11.1 Å². The number of nitrogen functional groups attached to an aromatic ring is 1. The van der Waals surface area contributed by atoms with E-state index in [4.69, 9.17) is 10.2 Å². The molecule has 0 bridgehead atoms. The Hall–Kier alpha value is -2.14. The molecule has 1 heterocycles. The average Bonchev–Trinajstić information content (AvgIpc) is 2.91. The van der Waals surface area contributed by atoms with Crippen LogP contribution < -0.4 is 5.73 Å². The number of nitrogens with two attached hydrogens (primary N) is 1. The lowest BCUT2D eigenvalue weighted by atomic mass is 10.1. The summed E-state index contributed by atoms with van der Waals surface area (Å²) in [4.78, 5) is 4.26. The second-order valence-electron chi connectivity index (χ2n) is 4.87. The fraction of sp³-hybridized carbons (Fsp3) is 0.188. The number of oxazole rings is 1. The molecule has 1 unspecified atom stereocenters. The Kier molecular flexibility index (Phi) is 3.75. The maximum absolute atomic E-state index is 12.3. The highest BCUT2D eigenvalue weighted by Crippen LogP contribution is 2.21. The number of rotatable bonds is 4. The summed E-state index contributed by atoms with van der Waals surface area (Å²) in [5.41, 5.74) is 9.82. The average molecular weight is 300 g/mol. The van der Waals surface area contributed by atoms with Crippen molar-refractivity contribution in [1.29, 1.82) is 0 Å². The Morgan fingerprint density at radius 2 is 1.86 bits per heavy atom. The van der Waals surface area contributed by atoms with Crippen molar-refractivity contribution >= 4 is 27.6 Å². The first-order chi connectivity index (χ1) is 10.2. The van der Waals surface area contributed by atoms with Crippen LogP contribution >= 0.6 is 0 Å². The number of hydrogen-bond donors (Lipinski definition) is 1. The summed E-state index contributed by atoms with van der Waals surface area (Å²) < 4.78 is 17.9. The van der Waals surface area contributed by atoms with Gasteiger partial charge in [0.15, 0.2) is 5.58 Å². The molecular formula is C16H16N2O2S. The van der Waals surface area contributed by atoms with Crippen molar-refractivity contribution in [2.75, 3.05) is 5.73 Å². The number of benzene rings is 2. The predicted octanol–water partition coefficient (Wildman–Crippen LogP) is 3.28. The van der Waals surface area contributed by atoms with Crippen LogP contribution in [0, 0.1) is 0 Å². The number of fused-ring (bicyclic) bond motifs is 1. The van der Waals surface area contributed by atoms with Gasteiger partial charge in [-0.1, -0.05) is 31.2 Å². The molecule has 1 aromatic heterocycles. The van der Waals surface area contributed by atoms with Crippen LogP contribution in [-0.2, 0) is 23.0 Å². The van der Waals surface area contributed by atoms with Gasteiger partial charge in [0, 0.05) is 11.8 Å². The minimum absolute atomic E-state index is 0.246. The van der Waals surface area contributed by atoms with Crippen LogP contribution in [0.15, 0.2) is 52.1 Å². The van der Waals surface area contributed by atoms with Gasteiger partial charge in [-0.25, -0.2) is 9.19 Å². The number of aromatic nitrogens is 1. The summed E-state index contributed by atoms with van der Waals surface area (Å²) in [6, 6.07) is 13.3. The maximum Gasteiger partial charge on any atom is 0.288 e. The summed E-state index contributed by atoms with van der Waals surface area (Å²) in [6.45, 7) is 2.11. The van der Waals surface area contributed by atoms with Crippen LogP contribution in [-0.4, -0.2) is 9.19 Å². The standard InChI is InChI=1S/C16H16N2O2S/c1-2-11-3-5-12(6-4-11)10-21(19)16-18-14-8-7-13(17)9-15(14)20-16/h3-9H,2,10,17H2,1H3. The van der Waals surface area contributed by atoms with Crippen LogP contribution in [0.5, 0.6) is 0 Å². The molecule has 4 nitrogen and oxygen atoms in total. The highest BCUT2D eigenvalue weighted by molar-refractivity contribution is 7.84. The predicted molar refractivity (Wildman–Crippen MR) is 84.4 cm³/mol. The Bertz CT molecular complexity index is 794. The van der Waals surface area contributed by atoms with Crippen molar-refractivity contribution < 1.29 is 8.63 Å². The van der Waals surface area contributed by atoms with Crippen molar-refractivity contribution in [1.82, 2.24) is 4.98 Å². The molecule has 21 heavy (non-hydrogen) atoms. The van der Waals surface area contributed by atoms with Gasteiger partial charge in [0.1, 0.15) is 16.3 Å². The molecule has 1 atom stereocenters. The van der Waals surface area contributed by atoms with Gasteiger partial charge in [0.2, 0.25) is 0 Å². The number of hydrogen-bond acceptors (Lipinski definition) is 4. The van der Waals surface area contributed by atoms with Gasteiger partial charge in [0.25, 0.3) is 5.22 Å². The lowest BCUT2D eigenvalue weighted by Crippen LogP contribution is -1.97. The Balaban J connectivity index is 1.82. The normalized spacial score (nSPS) is 12.6. The van der Waals surface area contributed by atoms with Gasteiger partial charge in [0.05, 0.1) is 5.75 Å². The third-order valence-electron chi connectivity index (χ3n) is 3.32. The molecule has 0 saturated heterocycles. The van der Waals surface area contributed by atoms with E-state index in [1.54, 1.807) is 18.2 Å². The summed E-state index contributed by atoms with van der Waals surface area (Å²) >= 11 is 0. The van der Waals surface area contributed by atoms with Crippen LogP contribution in [0.4, 0.5) is 5.69 Å². The topological polar surface area (TPSA) is 69.1 Å². The van der Waals surface area contributed by atoms with Crippen molar-refractivity contribution in [3.05, 3.63) is 53.6 Å². The molecule has 0 aliphatic carbocycles. The monoisotopic (exact) mass is 300 g/mol. The molecular weight excluding hydrogens is 284 g/mol. The molecule has 0 radical (unpaired) electrons. The van der Waals surface area contributed by atoms with E-state index in [1.807, 2.05) is 12.1 Å². The van der Waals surface area contributed by atoms with Gasteiger partial charge < -0.3 is 10.2 Å². The van der Waals surface area contributed by atoms with E-state index in [2.05, 4.69) is 24.0 Å². The van der Waals surface area contributed by atoms with Gasteiger partial charge in [-0.15, -0.1) is 0 Å². The lowest BCUT2D eigenvalue weighted by molar-refractivity contribution is 0.477. The third-order valence-corrected chi connectivity index (χ3v) is 4.48. The number of aryl methyl sites for hydroxylation is 1. The summed E-state index contributed by atoms with van der Waals surface area (Å²) in [5.74, 6) is 0.395. The van der Waals surface area contributed by atoms with E-state index in [9.17, 15) is 4.21 Å². The molecule has 5 heteroatoms. The molecule has 0 saturated carbocycles. The zero-order valence-electron chi connectivity index (χ0n) is 11.7. The van der Waals surface area contributed by atoms with E-state index in [0.717, 1.165) is 12.0 Å². The van der Waals surface area contributed by atoms with Gasteiger partial charge >= 0.3 is 0 Å². The van der Waals surface area contributed by atoms with E-state index in [1.165, 1.54) is 5.56 Å². The smallest absolute Gasteiger partial charge is 0.288 e. The maximum atomic E-state index is 12.3. The first-order valence-electron chi connectivity index (χ1n) is 6.78. The lowest BCUT2D eigenvalue weighted by Gasteiger charge is -2.01. The van der Waals surface area contributed by atoms with Crippen molar-refractivity contribution in [3.8, 4) is 0 Å². The fourth-order valence-corrected chi connectivity index (χ4v) is 3.10. The fourth-order valence-electron chi connectivity index (χ4n) is 2.10. The first-order valence-corrected chi connectivity index (χ1v) is 8.10. The molecule has 3 rings (SSSR count). The minimum Gasteiger partial charge on any atom is -0.430 e. The van der Waals surface area contributed by atoms with Crippen molar-refractivity contribution in [3.63, 3.8) is 0 Å². The summed E-state index contributed by atoms with van der Waals surface area (Å²) in [5, 5.41) is 0.246. The van der Waals surface area contributed by atoms with Gasteiger partial charge in [-0.05, 0) is 29.7 Å². The second-order valence-corrected chi connectivity index (χ2v) is 6.20. The quantitative estimate of drug-likeness (QED) is 0.751. The van der Waals surface area contributed by atoms with Crippen molar-refractivity contribution in [2.45, 2.75) is 24.3 Å². The van der Waals surface area contributed by atoms with E-state index < -0.39 is 10.8 Å². The second kappa shape index (κ2) is 5.69. The Morgan fingerprint density at radius 3 is 2.57 bits per heavy atom. The largest absolute Gasteiger partial charge is 0.430 e. The summed E-state index contributed by atoms with van der Waals surface area (Å²) in [7, 11) is -1.30. The van der Waals surface area contributed by atoms with Crippen molar-refractivity contribution in [2.24, 2.45) is 0 Å². The highest BCUT2D eigenvalue weighted by atomic mass is 32.2. The molecule has 2 N–H and O–H groups in total. The number of anilines is 1. The van der Waals surface area contributed by atoms with Crippen LogP contribution in [0.2, 0.25) is 0 Å².